The first kappa shape index (κ1) is 17.6. The summed E-state index contributed by atoms with van der Waals surface area (Å²) in [6.45, 7) is 0.488. The molecule has 0 bridgehead atoms. The predicted octanol–water partition coefficient (Wildman–Crippen LogP) is 3.46. The maximum atomic E-state index is 12.3. The first-order chi connectivity index (χ1) is 7.94. The van der Waals surface area contributed by atoms with Crippen LogP contribution < -0.4 is 11.5 Å². The highest BCUT2D eigenvalue weighted by molar-refractivity contribution is 8.00. The van der Waals surface area contributed by atoms with Gasteiger partial charge < -0.3 is 11.5 Å². The van der Waals surface area contributed by atoms with Gasteiger partial charge >= 0.3 is 5.51 Å². The van der Waals surface area contributed by atoms with E-state index in [4.69, 9.17) is 11.5 Å². The lowest BCUT2D eigenvalue weighted by molar-refractivity contribution is -0.0328. The maximum absolute atomic E-state index is 12.3. The zero-order chi connectivity index (χ0) is 12.9. The molecule has 18 heavy (non-hydrogen) atoms. The fourth-order valence-corrected chi connectivity index (χ4v) is 2.23. The van der Waals surface area contributed by atoms with Crippen LogP contribution in [-0.4, -0.2) is 12.1 Å². The Kier molecular flexibility index (Phi) is 7.70. The Hall–Kier alpha value is -0.430. The summed E-state index contributed by atoms with van der Waals surface area (Å²) in [5.74, 6) is 0. The lowest BCUT2D eigenvalue weighted by atomic mass is 10.0. The highest BCUT2D eigenvalue weighted by Crippen LogP contribution is 2.40. The standard InChI is InChI=1S/C11H15F3N2S.ClH/c12-11(13,14)17-10-6-2-1-4-8(10)9(16)5-3-7-15;/h1-2,4,6,9H,3,5,7,15-16H2;1H/t9-;/m0./s1. The van der Waals surface area contributed by atoms with Gasteiger partial charge in [-0.25, -0.2) is 0 Å². The van der Waals surface area contributed by atoms with Crippen molar-refractivity contribution in [3.8, 4) is 0 Å². The van der Waals surface area contributed by atoms with E-state index >= 15 is 0 Å². The second kappa shape index (κ2) is 7.89. The van der Waals surface area contributed by atoms with Crippen LogP contribution in [0.3, 0.4) is 0 Å². The van der Waals surface area contributed by atoms with Crippen LogP contribution in [0.15, 0.2) is 29.2 Å². The van der Waals surface area contributed by atoms with Crippen molar-refractivity contribution in [3.63, 3.8) is 0 Å². The summed E-state index contributed by atoms with van der Waals surface area (Å²) in [5, 5.41) is 0. The highest BCUT2D eigenvalue weighted by Gasteiger charge is 2.30. The normalized spacial score (nSPS) is 12.9. The van der Waals surface area contributed by atoms with E-state index in [2.05, 4.69) is 0 Å². The van der Waals surface area contributed by atoms with E-state index in [-0.39, 0.29) is 29.1 Å². The third-order valence-electron chi connectivity index (χ3n) is 2.26. The smallest absolute Gasteiger partial charge is 0.330 e. The van der Waals surface area contributed by atoms with Crippen LogP contribution in [0.1, 0.15) is 24.4 Å². The molecular formula is C11H16ClF3N2S. The van der Waals surface area contributed by atoms with Crippen molar-refractivity contribution in [2.24, 2.45) is 11.5 Å². The molecule has 2 nitrogen and oxygen atoms in total. The molecule has 4 N–H and O–H groups in total. The molecule has 0 aromatic heterocycles. The number of hydrogen-bond acceptors (Lipinski definition) is 3. The summed E-state index contributed by atoms with van der Waals surface area (Å²) in [6, 6.07) is 5.95. The Bertz CT molecular complexity index is 360. The molecule has 0 aliphatic heterocycles. The number of rotatable bonds is 5. The Morgan fingerprint density at radius 1 is 1.22 bits per heavy atom. The molecule has 0 radical (unpaired) electrons. The molecule has 1 rings (SSSR count). The minimum Gasteiger partial charge on any atom is -0.330 e. The van der Waals surface area contributed by atoms with Gasteiger partial charge in [-0.1, -0.05) is 18.2 Å². The lowest BCUT2D eigenvalue weighted by Gasteiger charge is -2.16. The molecule has 0 heterocycles. The molecule has 0 aliphatic carbocycles. The van der Waals surface area contributed by atoms with Gasteiger partial charge in [0.05, 0.1) is 0 Å². The number of thioether (sulfide) groups is 1. The monoisotopic (exact) mass is 300 g/mol. The van der Waals surface area contributed by atoms with Crippen LogP contribution in [0.2, 0.25) is 0 Å². The molecule has 7 heteroatoms. The average Bonchev–Trinajstić information content (AvgIpc) is 2.24. The second-order valence-corrected chi connectivity index (χ2v) is 4.73. The Morgan fingerprint density at radius 2 is 1.83 bits per heavy atom. The number of halogens is 4. The van der Waals surface area contributed by atoms with Gasteiger partial charge in [0.25, 0.3) is 0 Å². The topological polar surface area (TPSA) is 52.0 Å². The van der Waals surface area contributed by atoms with Crippen LogP contribution in [0, 0.1) is 0 Å². The van der Waals surface area contributed by atoms with Gasteiger partial charge in [-0.05, 0) is 42.8 Å². The van der Waals surface area contributed by atoms with Crippen molar-refractivity contribution >= 4 is 24.2 Å². The molecule has 0 spiro atoms. The Morgan fingerprint density at radius 3 is 2.39 bits per heavy atom. The third kappa shape index (κ3) is 5.95. The Labute approximate surface area is 115 Å². The van der Waals surface area contributed by atoms with Crippen LogP contribution in [0.5, 0.6) is 0 Å². The minimum absolute atomic E-state index is 0. The molecular weight excluding hydrogens is 285 g/mol. The van der Waals surface area contributed by atoms with Gasteiger partial charge in [0.15, 0.2) is 0 Å². The van der Waals surface area contributed by atoms with E-state index in [1.54, 1.807) is 18.2 Å². The fourth-order valence-electron chi connectivity index (χ4n) is 1.50. The van der Waals surface area contributed by atoms with Gasteiger partial charge in [0, 0.05) is 10.9 Å². The van der Waals surface area contributed by atoms with E-state index < -0.39 is 11.6 Å². The number of nitrogens with two attached hydrogens (primary N) is 2. The largest absolute Gasteiger partial charge is 0.446 e. The van der Waals surface area contributed by atoms with Crippen molar-refractivity contribution in [3.05, 3.63) is 29.8 Å². The highest BCUT2D eigenvalue weighted by atomic mass is 35.5. The van der Waals surface area contributed by atoms with Crippen LogP contribution in [0.25, 0.3) is 0 Å². The summed E-state index contributed by atoms with van der Waals surface area (Å²) in [7, 11) is 0. The minimum atomic E-state index is -4.29. The van der Waals surface area contributed by atoms with Crippen LogP contribution in [0.4, 0.5) is 13.2 Å². The number of hydrogen-bond donors (Lipinski definition) is 2. The van der Waals surface area contributed by atoms with Gasteiger partial charge in [-0.3, -0.25) is 0 Å². The summed E-state index contributed by atoms with van der Waals surface area (Å²) < 4.78 is 37.0. The molecule has 0 amide bonds. The molecule has 0 saturated carbocycles. The average molecular weight is 301 g/mol. The Balaban J connectivity index is 0.00000289. The zero-order valence-corrected chi connectivity index (χ0v) is 11.2. The summed E-state index contributed by atoms with van der Waals surface area (Å²) in [4.78, 5) is 0.171. The lowest BCUT2D eigenvalue weighted by Crippen LogP contribution is -2.14. The molecule has 1 aromatic carbocycles. The molecule has 104 valence electrons. The van der Waals surface area contributed by atoms with Crippen molar-refractivity contribution in [1.29, 1.82) is 0 Å². The molecule has 1 aromatic rings. The van der Waals surface area contributed by atoms with Crippen molar-refractivity contribution in [1.82, 2.24) is 0 Å². The first-order valence-corrected chi connectivity index (χ1v) is 6.06. The summed E-state index contributed by atoms with van der Waals surface area (Å²) in [5.41, 5.74) is 7.46. The predicted molar refractivity (Wildman–Crippen MR) is 70.8 cm³/mol. The molecule has 0 saturated heterocycles. The summed E-state index contributed by atoms with van der Waals surface area (Å²) in [6.07, 6.45) is 1.29. The van der Waals surface area contributed by atoms with Gasteiger partial charge in [0.2, 0.25) is 0 Å². The zero-order valence-electron chi connectivity index (χ0n) is 9.61. The van der Waals surface area contributed by atoms with E-state index in [1.165, 1.54) is 6.07 Å². The fraction of sp³-hybridized carbons (Fsp3) is 0.455. The van der Waals surface area contributed by atoms with E-state index in [0.29, 0.717) is 24.9 Å². The van der Waals surface area contributed by atoms with E-state index in [1.807, 2.05) is 0 Å². The van der Waals surface area contributed by atoms with E-state index in [0.717, 1.165) is 0 Å². The van der Waals surface area contributed by atoms with E-state index in [9.17, 15) is 13.2 Å². The summed E-state index contributed by atoms with van der Waals surface area (Å²) >= 11 is -0.122. The molecule has 1 atom stereocenters. The molecule has 0 aliphatic rings. The van der Waals surface area contributed by atoms with Crippen LogP contribution >= 0.6 is 24.2 Å². The van der Waals surface area contributed by atoms with Gasteiger partial charge in [0.1, 0.15) is 0 Å². The quantitative estimate of drug-likeness (QED) is 0.819. The van der Waals surface area contributed by atoms with Crippen molar-refractivity contribution in [2.75, 3.05) is 6.54 Å². The van der Waals surface area contributed by atoms with Crippen molar-refractivity contribution in [2.45, 2.75) is 29.3 Å². The van der Waals surface area contributed by atoms with Gasteiger partial charge in [-0.2, -0.15) is 13.2 Å². The SMILES string of the molecule is Cl.NCCC[C@H](N)c1ccccc1SC(F)(F)F. The van der Waals surface area contributed by atoms with Gasteiger partial charge in [-0.15, -0.1) is 12.4 Å². The third-order valence-corrected chi connectivity index (χ3v) is 3.09. The number of alkyl halides is 3. The molecule has 0 fully saturated rings. The van der Waals surface area contributed by atoms with Crippen LogP contribution in [-0.2, 0) is 0 Å². The number of benzene rings is 1. The van der Waals surface area contributed by atoms with Crippen molar-refractivity contribution < 1.29 is 13.2 Å². The molecule has 0 unspecified atom stereocenters. The maximum Gasteiger partial charge on any atom is 0.446 e. The first-order valence-electron chi connectivity index (χ1n) is 5.24. The second-order valence-electron chi connectivity index (χ2n) is 3.62.